The summed E-state index contributed by atoms with van der Waals surface area (Å²) >= 11 is 1.57. The van der Waals surface area contributed by atoms with E-state index in [1.807, 2.05) is 47.5 Å². The summed E-state index contributed by atoms with van der Waals surface area (Å²) in [6, 6.07) is 13.0. The van der Waals surface area contributed by atoms with E-state index >= 15 is 0 Å². The largest absolute Gasteiger partial charge is 0.444 e. The zero-order valence-electron chi connectivity index (χ0n) is 25.9. The Morgan fingerprint density at radius 1 is 1.09 bits per heavy atom. The Labute approximate surface area is 269 Å². The number of aromatic nitrogens is 7. The summed E-state index contributed by atoms with van der Waals surface area (Å²) in [6.07, 6.45) is 4.74. The van der Waals surface area contributed by atoms with Gasteiger partial charge in [0.15, 0.2) is 5.82 Å². The number of amides is 2. The maximum atomic E-state index is 14.0. The predicted molar refractivity (Wildman–Crippen MR) is 167 cm³/mol. The predicted octanol–water partition coefficient (Wildman–Crippen LogP) is 5.36. The third-order valence-corrected chi connectivity index (χ3v) is 9.09. The molecule has 7 rings (SSSR count). The summed E-state index contributed by atoms with van der Waals surface area (Å²) in [6.45, 7) is 7.98. The van der Waals surface area contributed by atoms with Gasteiger partial charge in [-0.05, 0) is 64.7 Å². The number of carbonyl (C=O) groups excluding carboxylic acids is 2. The van der Waals surface area contributed by atoms with Crippen molar-refractivity contribution in [2.24, 2.45) is 0 Å². The van der Waals surface area contributed by atoms with Crippen LogP contribution in [0.1, 0.15) is 84.5 Å². The number of benzene rings is 1. The van der Waals surface area contributed by atoms with Gasteiger partial charge in [0.05, 0.1) is 18.4 Å². The van der Waals surface area contributed by atoms with Crippen LogP contribution in [-0.4, -0.2) is 64.2 Å². The van der Waals surface area contributed by atoms with Crippen molar-refractivity contribution >= 4 is 23.3 Å². The van der Waals surface area contributed by atoms with Crippen LogP contribution >= 0.6 is 11.3 Å². The van der Waals surface area contributed by atoms with Gasteiger partial charge in [-0.3, -0.25) is 4.79 Å². The summed E-state index contributed by atoms with van der Waals surface area (Å²) < 4.78 is 11.9. The van der Waals surface area contributed by atoms with Crippen LogP contribution in [-0.2, 0) is 10.3 Å². The molecule has 4 aromatic heterocycles. The zero-order chi connectivity index (χ0) is 32.1. The van der Waals surface area contributed by atoms with E-state index in [0.717, 1.165) is 29.1 Å². The van der Waals surface area contributed by atoms with Gasteiger partial charge in [-0.2, -0.15) is 10.2 Å². The van der Waals surface area contributed by atoms with Gasteiger partial charge in [0.25, 0.3) is 11.8 Å². The summed E-state index contributed by atoms with van der Waals surface area (Å²) in [4.78, 5) is 39.6. The molecule has 1 aliphatic heterocycles. The highest BCUT2D eigenvalue weighted by atomic mass is 32.1. The van der Waals surface area contributed by atoms with Gasteiger partial charge in [0.2, 0.25) is 5.89 Å². The second-order valence-electron chi connectivity index (χ2n) is 12.6. The molecule has 3 atom stereocenters. The first-order chi connectivity index (χ1) is 22.1. The second-order valence-corrected chi connectivity index (χ2v) is 13.5. The standard InChI is InChI=1S/C32H33N9O4S/c1-19-18-46-27(35-19)24-11-8-14-40(24)28(42)21-15-23(36-25(16-21)41-33-12-13-34-41)26-38-39-29(44-26)32(37-30(43)45-31(2,3)4)17-22(32)20-9-6-5-7-10-20/h5-7,9-10,12-13,15-16,18,22,24H,8,11,14,17H2,1-4H3,(H,37,43). The quantitative estimate of drug-likeness (QED) is 0.246. The van der Waals surface area contributed by atoms with Crippen LogP contribution in [0.15, 0.2) is 64.7 Å². The summed E-state index contributed by atoms with van der Waals surface area (Å²) in [7, 11) is 0. The SMILES string of the molecule is Cc1csc(C2CCCN2C(=O)c2cc(-c3nnc(C4(NC(=O)OC(C)(C)C)CC4c4ccccc4)o3)nc(-n3nccn3)c2)n1. The first-order valence-electron chi connectivity index (χ1n) is 15.1. The fraction of sp³-hybridized carbons (Fsp3) is 0.375. The fourth-order valence-corrected chi connectivity index (χ4v) is 6.86. The Balaban J connectivity index is 1.24. The topological polar surface area (TPSA) is 154 Å². The van der Waals surface area contributed by atoms with Crippen molar-refractivity contribution < 1.29 is 18.7 Å². The van der Waals surface area contributed by atoms with E-state index in [9.17, 15) is 9.59 Å². The van der Waals surface area contributed by atoms with E-state index in [2.05, 4.69) is 35.7 Å². The molecule has 5 aromatic rings. The van der Waals surface area contributed by atoms with E-state index in [1.54, 1.807) is 44.2 Å². The second kappa shape index (κ2) is 11.4. The van der Waals surface area contributed by atoms with Crippen molar-refractivity contribution in [3.63, 3.8) is 0 Å². The lowest BCUT2D eigenvalue weighted by Gasteiger charge is -2.23. The molecule has 1 aromatic carbocycles. The summed E-state index contributed by atoms with van der Waals surface area (Å²) in [5.74, 6) is 0.359. The number of ether oxygens (including phenoxy) is 1. The van der Waals surface area contributed by atoms with E-state index < -0.39 is 17.2 Å². The molecule has 46 heavy (non-hydrogen) atoms. The minimum absolute atomic E-state index is 0.0932. The Morgan fingerprint density at radius 3 is 2.59 bits per heavy atom. The number of hydrogen-bond acceptors (Lipinski definition) is 11. The number of likely N-dealkylation sites (tertiary alicyclic amines) is 1. The fourth-order valence-electron chi connectivity index (χ4n) is 5.91. The lowest BCUT2D eigenvalue weighted by Crippen LogP contribution is -2.40. The van der Waals surface area contributed by atoms with Crippen LogP contribution < -0.4 is 5.32 Å². The Morgan fingerprint density at radius 2 is 1.87 bits per heavy atom. The smallest absolute Gasteiger partial charge is 0.408 e. The molecule has 1 saturated heterocycles. The number of rotatable bonds is 7. The monoisotopic (exact) mass is 639 g/mol. The molecule has 1 aliphatic carbocycles. The Kier molecular flexibility index (Phi) is 7.38. The third-order valence-electron chi connectivity index (χ3n) is 8.03. The zero-order valence-corrected chi connectivity index (χ0v) is 26.7. The van der Waals surface area contributed by atoms with E-state index in [-0.39, 0.29) is 35.3 Å². The van der Waals surface area contributed by atoms with Crippen molar-refractivity contribution in [2.75, 3.05) is 6.54 Å². The van der Waals surface area contributed by atoms with Crippen LogP contribution in [0.5, 0.6) is 0 Å². The third kappa shape index (κ3) is 5.75. The number of nitrogens with zero attached hydrogens (tertiary/aromatic N) is 8. The summed E-state index contributed by atoms with van der Waals surface area (Å²) in [5.41, 5.74) is 0.960. The minimum Gasteiger partial charge on any atom is -0.444 e. The molecule has 2 fully saturated rings. The number of alkyl carbamates (subject to hydrolysis) is 1. The van der Waals surface area contributed by atoms with E-state index in [1.165, 1.54) is 17.2 Å². The number of pyridine rings is 1. The molecule has 3 unspecified atom stereocenters. The van der Waals surface area contributed by atoms with Gasteiger partial charge >= 0.3 is 6.09 Å². The highest BCUT2D eigenvalue weighted by Crippen LogP contribution is 2.58. The average molecular weight is 640 g/mol. The average Bonchev–Trinajstić information content (AvgIpc) is 3.67. The van der Waals surface area contributed by atoms with E-state index in [4.69, 9.17) is 9.15 Å². The molecule has 2 amide bonds. The maximum Gasteiger partial charge on any atom is 0.408 e. The number of nitrogens with one attached hydrogen (secondary N) is 1. The minimum atomic E-state index is -0.969. The summed E-state index contributed by atoms with van der Waals surface area (Å²) in [5, 5.41) is 23.1. The van der Waals surface area contributed by atoms with Crippen LogP contribution in [0.4, 0.5) is 4.79 Å². The highest BCUT2D eigenvalue weighted by Gasteiger charge is 2.62. The molecular weight excluding hydrogens is 606 g/mol. The molecule has 2 aliphatic rings. The van der Waals surface area contributed by atoms with Gasteiger partial charge in [0.1, 0.15) is 21.8 Å². The lowest BCUT2D eigenvalue weighted by atomic mass is 10.1. The molecule has 236 valence electrons. The van der Waals surface area contributed by atoms with Crippen LogP contribution in [0.3, 0.4) is 0 Å². The van der Waals surface area contributed by atoms with Gasteiger partial charge in [-0.1, -0.05) is 30.3 Å². The van der Waals surface area contributed by atoms with Gasteiger partial charge in [0, 0.05) is 29.1 Å². The van der Waals surface area contributed by atoms with Gasteiger partial charge < -0.3 is 19.4 Å². The van der Waals surface area contributed by atoms with Crippen molar-refractivity contribution in [1.82, 2.24) is 45.4 Å². The van der Waals surface area contributed by atoms with Crippen molar-refractivity contribution in [3.05, 3.63) is 88.0 Å². The normalized spacial score (nSPS) is 20.9. The van der Waals surface area contributed by atoms with Gasteiger partial charge in [-0.15, -0.1) is 26.3 Å². The molecule has 1 N–H and O–H groups in total. The molecule has 14 heteroatoms. The first kappa shape index (κ1) is 29.7. The molecule has 5 heterocycles. The molecule has 0 radical (unpaired) electrons. The molecule has 1 saturated carbocycles. The molecule has 13 nitrogen and oxygen atoms in total. The molecular formula is C32H33N9O4S. The lowest BCUT2D eigenvalue weighted by molar-refractivity contribution is 0.0483. The number of hydrogen-bond donors (Lipinski definition) is 1. The first-order valence-corrected chi connectivity index (χ1v) is 16.0. The van der Waals surface area contributed by atoms with Crippen molar-refractivity contribution in [1.29, 1.82) is 0 Å². The van der Waals surface area contributed by atoms with Crippen LogP contribution in [0, 0.1) is 6.92 Å². The van der Waals surface area contributed by atoms with Gasteiger partial charge in [-0.25, -0.2) is 14.8 Å². The molecule has 0 spiro atoms. The maximum absolute atomic E-state index is 14.0. The van der Waals surface area contributed by atoms with Crippen LogP contribution in [0.2, 0.25) is 0 Å². The Bertz CT molecular complexity index is 1880. The molecule has 0 bridgehead atoms. The van der Waals surface area contributed by atoms with Crippen molar-refractivity contribution in [3.8, 4) is 17.4 Å². The Hall–Kier alpha value is -4.98. The number of carbonyl (C=O) groups is 2. The highest BCUT2D eigenvalue weighted by molar-refractivity contribution is 7.09. The van der Waals surface area contributed by atoms with Crippen LogP contribution in [0.25, 0.3) is 17.4 Å². The number of thiazole rings is 1. The van der Waals surface area contributed by atoms with Crippen molar-refractivity contribution in [2.45, 2.75) is 70.1 Å². The number of aryl methyl sites for hydroxylation is 1. The van der Waals surface area contributed by atoms with E-state index in [0.29, 0.717) is 24.3 Å².